The molecule has 0 saturated carbocycles. The Balaban J connectivity index is 1.80. The van der Waals surface area contributed by atoms with Gasteiger partial charge in [0.2, 0.25) is 0 Å². The molecular formula is C18H17F2NO5. The maximum atomic E-state index is 12.1. The molecule has 138 valence electrons. The van der Waals surface area contributed by atoms with Crippen molar-refractivity contribution in [3.8, 4) is 11.5 Å². The van der Waals surface area contributed by atoms with Crippen molar-refractivity contribution in [2.24, 2.45) is 0 Å². The smallest absolute Gasteiger partial charge is 0.387 e. The Hall–Kier alpha value is -3.16. The average molecular weight is 365 g/mol. The molecule has 0 bridgehead atoms. The van der Waals surface area contributed by atoms with Crippen LogP contribution in [0.5, 0.6) is 11.5 Å². The lowest BCUT2D eigenvalue weighted by Crippen LogP contribution is -2.28. The molecule has 1 amide bonds. The van der Waals surface area contributed by atoms with Crippen molar-refractivity contribution in [3.63, 3.8) is 0 Å². The molecule has 0 aliphatic carbocycles. The number of carbonyl (C=O) groups excluding carboxylic acids is 2. The number of hydrogen-bond donors (Lipinski definition) is 1. The molecule has 0 heterocycles. The predicted molar refractivity (Wildman–Crippen MR) is 88.2 cm³/mol. The van der Waals surface area contributed by atoms with Crippen LogP contribution in [0.15, 0.2) is 48.5 Å². The standard InChI is InChI=1S/C18H17F2NO5/c1-24-15-5-3-2-4-13(15)10-21-16(22)11-25-17(23)12-6-8-14(9-7-12)26-18(19)20/h2-9,18H,10-11H2,1H3,(H,21,22). The Morgan fingerprint density at radius 1 is 1.08 bits per heavy atom. The SMILES string of the molecule is COc1ccccc1CNC(=O)COC(=O)c1ccc(OC(F)F)cc1. The van der Waals surface area contributed by atoms with Gasteiger partial charge in [-0.3, -0.25) is 4.79 Å². The lowest BCUT2D eigenvalue weighted by Gasteiger charge is -2.10. The lowest BCUT2D eigenvalue weighted by atomic mass is 10.2. The Labute approximate surface area is 148 Å². The van der Waals surface area contributed by atoms with E-state index in [1.807, 2.05) is 12.1 Å². The first-order valence-corrected chi connectivity index (χ1v) is 7.60. The van der Waals surface area contributed by atoms with E-state index in [4.69, 9.17) is 9.47 Å². The van der Waals surface area contributed by atoms with Gasteiger partial charge in [0.25, 0.3) is 5.91 Å². The van der Waals surface area contributed by atoms with Crippen LogP contribution in [0.1, 0.15) is 15.9 Å². The van der Waals surface area contributed by atoms with E-state index in [1.54, 1.807) is 12.1 Å². The van der Waals surface area contributed by atoms with Crippen LogP contribution in [0, 0.1) is 0 Å². The van der Waals surface area contributed by atoms with E-state index in [1.165, 1.54) is 31.4 Å². The van der Waals surface area contributed by atoms with E-state index in [9.17, 15) is 18.4 Å². The highest BCUT2D eigenvalue weighted by Gasteiger charge is 2.12. The lowest BCUT2D eigenvalue weighted by molar-refractivity contribution is -0.124. The summed E-state index contributed by atoms with van der Waals surface area (Å²) in [7, 11) is 1.53. The van der Waals surface area contributed by atoms with Crippen LogP contribution >= 0.6 is 0 Å². The Bertz CT molecular complexity index is 750. The number of benzene rings is 2. The second-order valence-electron chi connectivity index (χ2n) is 5.07. The van der Waals surface area contributed by atoms with Gasteiger partial charge in [0.15, 0.2) is 6.61 Å². The molecule has 1 N–H and O–H groups in total. The maximum Gasteiger partial charge on any atom is 0.387 e. The molecule has 0 unspecified atom stereocenters. The van der Waals surface area contributed by atoms with Gasteiger partial charge in [-0.15, -0.1) is 0 Å². The van der Waals surface area contributed by atoms with Gasteiger partial charge in [-0.2, -0.15) is 8.78 Å². The highest BCUT2D eigenvalue weighted by Crippen LogP contribution is 2.17. The summed E-state index contributed by atoms with van der Waals surface area (Å²) in [5.74, 6) is -0.676. The second-order valence-corrected chi connectivity index (χ2v) is 5.07. The molecule has 0 fully saturated rings. The van der Waals surface area contributed by atoms with E-state index in [2.05, 4.69) is 10.1 Å². The zero-order valence-electron chi connectivity index (χ0n) is 13.9. The van der Waals surface area contributed by atoms with E-state index >= 15 is 0 Å². The molecule has 2 rings (SSSR count). The van der Waals surface area contributed by atoms with Crippen LogP contribution in [0.4, 0.5) is 8.78 Å². The van der Waals surface area contributed by atoms with E-state index in [0.29, 0.717) is 5.75 Å². The van der Waals surface area contributed by atoms with Crippen molar-refractivity contribution in [1.29, 1.82) is 0 Å². The van der Waals surface area contributed by atoms with Crippen molar-refractivity contribution in [2.75, 3.05) is 13.7 Å². The fourth-order valence-electron chi connectivity index (χ4n) is 2.08. The van der Waals surface area contributed by atoms with Gasteiger partial charge < -0.3 is 19.5 Å². The summed E-state index contributed by atoms with van der Waals surface area (Å²) < 4.78 is 38.4. The number of esters is 1. The van der Waals surface area contributed by atoms with Crippen LogP contribution < -0.4 is 14.8 Å². The zero-order valence-corrected chi connectivity index (χ0v) is 13.9. The molecule has 0 aliphatic rings. The van der Waals surface area contributed by atoms with Crippen molar-refractivity contribution in [2.45, 2.75) is 13.2 Å². The normalized spacial score (nSPS) is 10.3. The van der Waals surface area contributed by atoms with Crippen molar-refractivity contribution in [3.05, 3.63) is 59.7 Å². The number of para-hydroxylation sites is 1. The van der Waals surface area contributed by atoms with E-state index in [-0.39, 0.29) is 17.9 Å². The third-order valence-electron chi connectivity index (χ3n) is 3.32. The summed E-state index contributed by atoms with van der Waals surface area (Å²) in [6.07, 6.45) is 0. The molecule has 0 atom stereocenters. The minimum absolute atomic E-state index is 0.0777. The monoisotopic (exact) mass is 365 g/mol. The van der Waals surface area contributed by atoms with Crippen molar-refractivity contribution in [1.82, 2.24) is 5.32 Å². The van der Waals surface area contributed by atoms with Gasteiger partial charge in [-0.05, 0) is 30.3 Å². The molecule has 2 aromatic rings. The molecular weight excluding hydrogens is 348 g/mol. The molecule has 6 nitrogen and oxygen atoms in total. The predicted octanol–water partition coefficient (Wildman–Crippen LogP) is 2.77. The molecule has 0 radical (unpaired) electrons. The third-order valence-corrected chi connectivity index (χ3v) is 3.32. The highest BCUT2D eigenvalue weighted by atomic mass is 19.3. The molecule has 0 saturated heterocycles. The topological polar surface area (TPSA) is 73.9 Å². The first-order chi connectivity index (χ1) is 12.5. The average Bonchev–Trinajstić information content (AvgIpc) is 2.64. The number of rotatable bonds is 8. The van der Waals surface area contributed by atoms with Crippen LogP contribution in [0.2, 0.25) is 0 Å². The zero-order chi connectivity index (χ0) is 18.9. The van der Waals surface area contributed by atoms with Crippen molar-refractivity contribution >= 4 is 11.9 Å². The number of alkyl halides is 2. The number of hydrogen-bond acceptors (Lipinski definition) is 5. The van der Waals surface area contributed by atoms with Gasteiger partial charge in [-0.25, -0.2) is 4.79 Å². The number of carbonyl (C=O) groups is 2. The van der Waals surface area contributed by atoms with Crippen LogP contribution in [-0.2, 0) is 16.1 Å². The van der Waals surface area contributed by atoms with Gasteiger partial charge in [0, 0.05) is 12.1 Å². The van der Waals surface area contributed by atoms with E-state index < -0.39 is 25.1 Å². The number of nitrogens with one attached hydrogen (secondary N) is 1. The maximum absolute atomic E-state index is 12.1. The fraction of sp³-hybridized carbons (Fsp3) is 0.222. The minimum Gasteiger partial charge on any atom is -0.496 e. The first kappa shape index (κ1) is 19.2. The van der Waals surface area contributed by atoms with Crippen LogP contribution in [0.25, 0.3) is 0 Å². The molecule has 26 heavy (non-hydrogen) atoms. The molecule has 0 aromatic heterocycles. The Morgan fingerprint density at radius 3 is 2.42 bits per heavy atom. The minimum atomic E-state index is -2.94. The number of methoxy groups -OCH3 is 1. The van der Waals surface area contributed by atoms with Gasteiger partial charge in [-0.1, -0.05) is 18.2 Å². The van der Waals surface area contributed by atoms with Gasteiger partial charge in [0.1, 0.15) is 11.5 Å². The van der Waals surface area contributed by atoms with Crippen LogP contribution in [0.3, 0.4) is 0 Å². The second kappa shape index (κ2) is 9.36. The first-order valence-electron chi connectivity index (χ1n) is 7.60. The fourth-order valence-corrected chi connectivity index (χ4v) is 2.08. The summed E-state index contributed by atoms with van der Waals surface area (Å²) >= 11 is 0. The number of ether oxygens (including phenoxy) is 3. The number of halogens is 2. The summed E-state index contributed by atoms with van der Waals surface area (Å²) in [6, 6.07) is 12.2. The molecule has 8 heteroatoms. The molecule has 0 spiro atoms. The highest BCUT2D eigenvalue weighted by molar-refractivity contribution is 5.91. The van der Waals surface area contributed by atoms with E-state index in [0.717, 1.165) is 5.56 Å². The molecule has 2 aromatic carbocycles. The summed E-state index contributed by atoms with van der Waals surface area (Å²) in [5, 5.41) is 2.61. The largest absolute Gasteiger partial charge is 0.496 e. The van der Waals surface area contributed by atoms with Crippen molar-refractivity contribution < 1.29 is 32.6 Å². The number of amides is 1. The summed E-state index contributed by atoms with van der Waals surface area (Å²) in [6.45, 7) is -3.19. The summed E-state index contributed by atoms with van der Waals surface area (Å²) in [5.41, 5.74) is 0.897. The van der Waals surface area contributed by atoms with Gasteiger partial charge >= 0.3 is 12.6 Å². The van der Waals surface area contributed by atoms with Crippen LogP contribution in [-0.4, -0.2) is 32.2 Å². The Morgan fingerprint density at radius 2 is 1.77 bits per heavy atom. The van der Waals surface area contributed by atoms with Gasteiger partial charge in [0.05, 0.1) is 12.7 Å². The third kappa shape index (κ3) is 5.73. The Kier molecular flexibility index (Phi) is 6.90. The summed E-state index contributed by atoms with van der Waals surface area (Å²) in [4.78, 5) is 23.6. The molecule has 0 aliphatic heterocycles. The quantitative estimate of drug-likeness (QED) is 0.728.